The van der Waals surface area contributed by atoms with Crippen LogP contribution in [0.4, 0.5) is 10.1 Å². The minimum atomic E-state index is -0.658. The molecule has 2 N–H and O–H groups in total. The molecule has 8 heteroatoms. The second-order valence-corrected chi connectivity index (χ2v) is 3.91. The van der Waals surface area contributed by atoms with E-state index in [1.165, 1.54) is 12.5 Å². The van der Waals surface area contributed by atoms with E-state index >= 15 is 0 Å². The van der Waals surface area contributed by atoms with Gasteiger partial charge in [0, 0.05) is 0 Å². The predicted octanol–water partition coefficient (Wildman–Crippen LogP) is 1.12. The maximum absolute atomic E-state index is 14.1. The Morgan fingerprint density at radius 2 is 2.20 bits per heavy atom. The van der Waals surface area contributed by atoms with Crippen LogP contribution < -0.4 is 5.73 Å². The van der Waals surface area contributed by atoms with Gasteiger partial charge in [0.2, 0.25) is 0 Å². The SMILES string of the molecule is CCOC(=O)c1nn(-c2ncnc(CC)c2F)cc1N. The van der Waals surface area contributed by atoms with Crippen molar-refractivity contribution in [2.24, 2.45) is 0 Å². The number of hydrogen-bond acceptors (Lipinski definition) is 6. The first-order chi connectivity index (χ1) is 9.58. The average molecular weight is 279 g/mol. The molecule has 0 bridgehead atoms. The summed E-state index contributed by atoms with van der Waals surface area (Å²) >= 11 is 0. The Hall–Kier alpha value is -2.51. The highest BCUT2D eigenvalue weighted by molar-refractivity contribution is 5.92. The number of esters is 1. The number of hydrogen-bond donors (Lipinski definition) is 1. The van der Waals surface area contributed by atoms with Crippen molar-refractivity contribution in [3.63, 3.8) is 0 Å². The lowest BCUT2D eigenvalue weighted by Gasteiger charge is -2.04. The maximum Gasteiger partial charge on any atom is 0.361 e. The summed E-state index contributed by atoms with van der Waals surface area (Å²) in [5, 5.41) is 3.92. The highest BCUT2D eigenvalue weighted by Gasteiger charge is 2.19. The lowest BCUT2D eigenvalue weighted by molar-refractivity contribution is 0.0520. The van der Waals surface area contributed by atoms with Gasteiger partial charge in [-0.05, 0) is 13.3 Å². The van der Waals surface area contributed by atoms with Gasteiger partial charge in [0.05, 0.1) is 24.2 Å². The minimum absolute atomic E-state index is 0.0564. The van der Waals surface area contributed by atoms with Crippen LogP contribution in [0.25, 0.3) is 5.82 Å². The van der Waals surface area contributed by atoms with Crippen molar-refractivity contribution >= 4 is 11.7 Å². The first-order valence-electron chi connectivity index (χ1n) is 6.10. The van der Waals surface area contributed by atoms with Crippen LogP contribution in [0.15, 0.2) is 12.5 Å². The normalized spacial score (nSPS) is 10.6. The Balaban J connectivity index is 2.45. The molecular weight excluding hydrogens is 265 g/mol. The van der Waals surface area contributed by atoms with Crippen LogP contribution in [0.2, 0.25) is 0 Å². The standard InChI is InChI=1S/C12H14FN5O2/c1-3-8-9(13)11(16-6-15-8)18-5-7(14)10(17-18)12(19)20-4-2/h5-6H,3-4,14H2,1-2H3. The molecule has 20 heavy (non-hydrogen) atoms. The first kappa shape index (κ1) is 13.9. The Morgan fingerprint density at radius 3 is 2.85 bits per heavy atom. The molecule has 0 atom stereocenters. The van der Waals surface area contributed by atoms with Crippen LogP contribution in [0.1, 0.15) is 30.0 Å². The first-order valence-corrected chi connectivity index (χ1v) is 6.10. The number of nitrogen functional groups attached to an aromatic ring is 1. The highest BCUT2D eigenvalue weighted by atomic mass is 19.1. The summed E-state index contributed by atoms with van der Waals surface area (Å²) in [6.45, 7) is 3.65. The van der Waals surface area contributed by atoms with Gasteiger partial charge < -0.3 is 10.5 Å². The van der Waals surface area contributed by atoms with Crippen molar-refractivity contribution in [1.29, 1.82) is 0 Å². The number of rotatable bonds is 4. The zero-order valence-electron chi connectivity index (χ0n) is 11.1. The second kappa shape index (κ2) is 5.64. The summed E-state index contributed by atoms with van der Waals surface area (Å²) in [6.07, 6.45) is 2.97. The molecule has 2 aromatic rings. The fraction of sp³-hybridized carbons (Fsp3) is 0.333. The van der Waals surface area contributed by atoms with Gasteiger partial charge in [-0.2, -0.15) is 5.10 Å². The smallest absolute Gasteiger partial charge is 0.361 e. The van der Waals surface area contributed by atoms with Crippen LogP contribution in [-0.4, -0.2) is 32.3 Å². The van der Waals surface area contributed by atoms with E-state index in [9.17, 15) is 9.18 Å². The van der Waals surface area contributed by atoms with Crippen molar-refractivity contribution in [3.05, 3.63) is 29.7 Å². The van der Waals surface area contributed by atoms with Crippen LogP contribution in [0.3, 0.4) is 0 Å². The van der Waals surface area contributed by atoms with Gasteiger partial charge in [0.1, 0.15) is 6.33 Å². The van der Waals surface area contributed by atoms with Crippen molar-refractivity contribution in [2.75, 3.05) is 12.3 Å². The van der Waals surface area contributed by atoms with E-state index < -0.39 is 11.8 Å². The predicted molar refractivity (Wildman–Crippen MR) is 68.9 cm³/mol. The Labute approximate surface area is 114 Å². The van der Waals surface area contributed by atoms with Crippen LogP contribution >= 0.6 is 0 Å². The number of ether oxygens (including phenoxy) is 1. The molecule has 106 valence electrons. The number of nitrogens with two attached hydrogens (primary N) is 1. The third-order valence-electron chi connectivity index (χ3n) is 2.61. The van der Waals surface area contributed by atoms with E-state index in [2.05, 4.69) is 15.1 Å². The molecular formula is C12H14FN5O2. The highest BCUT2D eigenvalue weighted by Crippen LogP contribution is 2.17. The molecule has 0 saturated carbocycles. The molecule has 0 aliphatic carbocycles. The molecule has 0 unspecified atom stereocenters. The number of aryl methyl sites for hydroxylation is 1. The lowest BCUT2D eigenvalue weighted by atomic mass is 10.3. The van der Waals surface area contributed by atoms with Crippen molar-refractivity contribution in [2.45, 2.75) is 20.3 Å². The molecule has 0 aromatic carbocycles. The second-order valence-electron chi connectivity index (χ2n) is 3.91. The largest absolute Gasteiger partial charge is 0.461 e. The number of nitrogens with zero attached hydrogens (tertiary/aromatic N) is 4. The van der Waals surface area contributed by atoms with Gasteiger partial charge in [-0.15, -0.1) is 0 Å². The van der Waals surface area contributed by atoms with E-state index in [4.69, 9.17) is 10.5 Å². The van der Waals surface area contributed by atoms with Crippen molar-refractivity contribution < 1.29 is 13.9 Å². The van der Waals surface area contributed by atoms with E-state index in [1.54, 1.807) is 13.8 Å². The summed E-state index contributed by atoms with van der Waals surface area (Å²) in [5.74, 6) is -1.30. The summed E-state index contributed by atoms with van der Waals surface area (Å²) in [5.41, 5.74) is 5.98. The third-order valence-corrected chi connectivity index (χ3v) is 2.61. The molecule has 0 fully saturated rings. The van der Waals surface area contributed by atoms with E-state index in [1.807, 2.05) is 0 Å². The maximum atomic E-state index is 14.1. The molecule has 0 radical (unpaired) electrons. The van der Waals surface area contributed by atoms with E-state index in [0.29, 0.717) is 6.42 Å². The van der Waals surface area contributed by atoms with E-state index in [0.717, 1.165) is 4.68 Å². The molecule has 0 saturated heterocycles. The number of halogens is 1. The summed E-state index contributed by atoms with van der Waals surface area (Å²) in [6, 6.07) is 0. The van der Waals surface area contributed by atoms with Crippen LogP contribution in [0, 0.1) is 5.82 Å². The molecule has 0 aliphatic heterocycles. The van der Waals surface area contributed by atoms with E-state index in [-0.39, 0.29) is 29.5 Å². The zero-order chi connectivity index (χ0) is 14.7. The van der Waals surface area contributed by atoms with Gasteiger partial charge in [-0.1, -0.05) is 6.92 Å². The topological polar surface area (TPSA) is 95.9 Å². The quantitative estimate of drug-likeness (QED) is 0.842. The number of carbonyl (C=O) groups excluding carboxylic acids is 1. The van der Waals surface area contributed by atoms with Gasteiger partial charge in [0.25, 0.3) is 0 Å². The fourth-order valence-electron chi connectivity index (χ4n) is 1.66. The molecule has 2 aromatic heterocycles. The Morgan fingerprint density at radius 1 is 1.45 bits per heavy atom. The summed E-state index contributed by atoms with van der Waals surface area (Å²) in [4.78, 5) is 19.3. The molecule has 0 amide bonds. The summed E-state index contributed by atoms with van der Waals surface area (Å²) in [7, 11) is 0. The van der Waals surface area contributed by atoms with Crippen molar-refractivity contribution in [3.8, 4) is 5.82 Å². The van der Waals surface area contributed by atoms with Gasteiger partial charge >= 0.3 is 5.97 Å². The van der Waals surface area contributed by atoms with Crippen LogP contribution in [-0.2, 0) is 11.2 Å². The molecule has 2 rings (SSSR count). The summed E-state index contributed by atoms with van der Waals surface area (Å²) < 4.78 is 20.0. The lowest BCUT2D eigenvalue weighted by Crippen LogP contribution is -2.10. The number of aromatic nitrogens is 4. The molecule has 0 spiro atoms. The average Bonchev–Trinajstić information content (AvgIpc) is 2.81. The van der Waals surface area contributed by atoms with Crippen LogP contribution in [0.5, 0.6) is 0 Å². The third kappa shape index (κ3) is 2.44. The van der Waals surface area contributed by atoms with Crippen molar-refractivity contribution in [1.82, 2.24) is 19.7 Å². The molecule has 7 nitrogen and oxygen atoms in total. The molecule has 0 aliphatic rings. The molecule has 2 heterocycles. The fourth-order valence-corrected chi connectivity index (χ4v) is 1.66. The van der Waals surface area contributed by atoms with Gasteiger partial charge in [0.15, 0.2) is 17.3 Å². The number of anilines is 1. The monoisotopic (exact) mass is 279 g/mol. The zero-order valence-corrected chi connectivity index (χ0v) is 11.1. The van der Waals surface area contributed by atoms with Gasteiger partial charge in [-0.25, -0.2) is 23.8 Å². The Kier molecular flexibility index (Phi) is 3.92. The number of carbonyl (C=O) groups is 1. The minimum Gasteiger partial charge on any atom is -0.461 e. The van der Waals surface area contributed by atoms with Gasteiger partial charge in [-0.3, -0.25) is 0 Å². The Bertz CT molecular complexity index is 641.